The van der Waals surface area contributed by atoms with Crippen molar-refractivity contribution < 1.29 is 14.3 Å². The van der Waals surface area contributed by atoms with E-state index in [1.165, 1.54) is 22.3 Å². The molecule has 0 unspecified atom stereocenters. The van der Waals surface area contributed by atoms with Gasteiger partial charge in [0.25, 0.3) is 0 Å². The number of aryl methyl sites for hydroxylation is 4. The van der Waals surface area contributed by atoms with Gasteiger partial charge in [0, 0.05) is 16.7 Å². The molecule has 3 aromatic rings. The van der Waals surface area contributed by atoms with Gasteiger partial charge < -0.3 is 9.47 Å². The molecule has 0 fully saturated rings. The first-order chi connectivity index (χ1) is 15.1. The van der Waals surface area contributed by atoms with Gasteiger partial charge in [-0.05, 0) is 78.3 Å². The molecule has 0 aliphatic carbocycles. The molecule has 2 aliphatic heterocycles. The fourth-order valence-corrected chi connectivity index (χ4v) is 5.25. The predicted molar refractivity (Wildman–Crippen MR) is 122 cm³/mol. The molecule has 158 valence electrons. The smallest absolute Gasteiger partial charge is 0.340 e. The van der Waals surface area contributed by atoms with E-state index in [-0.39, 0.29) is 5.97 Å². The standard InChI is InChI=1S/C28H28O3/c1-5-17-13-23-25(15-19(17)7-3)30-26-16-20(8-4)18(6-2)14-24(26)28(23)22-12-10-9-11-21(22)27(29)31-28/h9-16H,5-8H2,1-4H3. The summed E-state index contributed by atoms with van der Waals surface area (Å²) in [6, 6.07) is 16.5. The third-order valence-electron chi connectivity index (χ3n) is 6.88. The number of carbonyl (C=O) groups is 1. The van der Waals surface area contributed by atoms with Gasteiger partial charge in [-0.1, -0.05) is 45.9 Å². The van der Waals surface area contributed by atoms with Gasteiger partial charge in [0.1, 0.15) is 11.5 Å². The molecular weight excluding hydrogens is 384 g/mol. The van der Waals surface area contributed by atoms with E-state index in [0.29, 0.717) is 5.56 Å². The maximum Gasteiger partial charge on any atom is 0.340 e. The van der Waals surface area contributed by atoms with Crippen LogP contribution in [0, 0.1) is 0 Å². The minimum atomic E-state index is -0.969. The van der Waals surface area contributed by atoms with Crippen LogP contribution in [0.5, 0.6) is 11.5 Å². The van der Waals surface area contributed by atoms with Crippen molar-refractivity contribution in [3.8, 4) is 11.5 Å². The van der Waals surface area contributed by atoms with Crippen molar-refractivity contribution in [2.24, 2.45) is 0 Å². The lowest BCUT2D eigenvalue weighted by Gasteiger charge is -2.38. The molecule has 3 nitrogen and oxygen atoms in total. The van der Waals surface area contributed by atoms with E-state index in [0.717, 1.165) is 53.9 Å². The number of hydrogen-bond donors (Lipinski definition) is 0. The van der Waals surface area contributed by atoms with Gasteiger partial charge in [0.2, 0.25) is 0 Å². The number of esters is 1. The van der Waals surface area contributed by atoms with E-state index in [1.807, 2.05) is 24.3 Å². The molecule has 3 aromatic carbocycles. The highest BCUT2D eigenvalue weighted by molar-refractivity contribution is 5.97. The molecule has 0 saturated carbocycles. The Kier molecular flexibility index (Phi) is 4.65. The molecule has 1 spiro atoms. The molecule has 0 aromatic heterocycles. The summed E-state index contributed by atoms with van der Waals surface area (Å²) in [6.45, 7) is 8.67. The zero-order valence-corrected chi connectivity index (χ0v) is 18.7. The summed E-state index contributed by atoms with van der Waals surface area (Å²) >= 11 is 0. The van der Waals surface area contributed by atoms with E-state index in [4.69, 9.17) is 9.47 Å². The van der Waals surface area contributed by atoms with Gasteiger partial charge in [-0.15, -0.1) is 0 Å². The molecule has 3 heteroatoms. The van der Waals surface area contributed by atoms with E-state index in [9.17, 15) is 4.79 Å². The van der Waals surface area contributed by atoms with Crippen molar-refractivity contribution in [1.29, 1.82) is 0 Å². The lowest BCUT2D eigenvalue weighted by atomic mass is 9.75. The second kappa shape index (κ2) is 7.26. The Morgan fingerprint density at radius 3 is 1.68 bits per heavy atom. The Bertz CT molecular complexity index is 1140. The highest BCUT2D eigenvalue weighted by Gasteiger charge is 2.53. The zero-order valence-electron chi connectivity index (χ0n) is 18.7. The van der Waals surface area contributed by atoms with Crippen LogP contribution in [0.15, 0.2) is 48.5 Å². The monoisotopic (exact) mass is 412 g/mol. The number of hydrogen-bond acceptors (Lipinski definition) is 3. The SMILES string of the molecule is CCc1cc2c(cc1CC)C1(OC(=O)c3ccccc31)c1cc(CC)c(CC)cc1O2. The van der Waals surface area contributed by atoms with Crippen molar-refractivity contribution in [2.75, 3.05) is 0 Å². The fraction of sp³-hybridized carbons (Fsp3) is 0.321. The molecule has 2 heterocycles. The van der Waals surface area contributed by atoms with Crippen LogP contribution in [0.25, 0.3) is 0 Å². The molecular formula is C28H28O3. The lowest BCUT2D eigenvalue weighted by molar-refractivity contribution is 0.0223. The first-order valence-corrected chi connectivity index (χ1v) is 11.4. The Morgan fingerprint density at radius 1 is 0.677 bits per heavy atom. The summed E-state index contributed by atoms with van der Waals surface area (Å²) in [5, 5.41) is 0. The lowest BCUT2D eigenvalue weighted by Crippen LogP contribution is -2.33. The normalized spacial score (nSPS) is 15.2. The van der Waals surface area contributed by atoms with Gasteiger partial charge >= 0.3 is 5.97 Å². The van der Waals surface area contributed by atoms with Crippen molar-refractivity contribution in [1.82, 2.24) is 0 Å². The van der Waals surface area contributed by atoms with Crippen LogP contribution in [0.4, 0.5) is 0 Å². The Morgan fingerprint density at radius 2 is 1.16 bits per heavy atom. The molecule has 0 radical (unpaired) electrons. The first kappa shape index (κ1) is 19.9. The van der Waals surface area contributed by atoms with Crippen molar-refractivity contribution >= 4 is 5.97 Å². The third kappa shape index (κ3) is 2.69. The summed E-state index contributed by atoms with van der Waals surface area (Å²) in [5.74, 6) is 1.30. The van der Waals surface area contributed by atoms with Gasteiger partial charge in [-0.2, -0.15) is 0 Å². The molecule has 0 bridgehead atoms. The minimum Gasteiger partial charge on any atom is -0.456 e. The highest BCUT2D eigenvalue weighted by atomic mass is 16.6. The summed E-state index contributed by atoms with van der Waals surface area (Å²) in [5.41, 5.74) is 7.53. The van der Waals surface area contributed by atoms with E-state index < -0.39 is 5.60 Å². The number of rotatable bonds is 4. The van der Waals surface area contributed by atoms with Gasteiger partial charge in [-0.3, -0.25) is 0 Å². The summed E-state index contributed by atoms with van der Waals surface area (Å²) in [7, 11) is 0. The average molecular weight is 413 g/mol. The molecule has 5 rings (SSSR count). The van der Waals surface area contributed by atoms with Crippen LogP contribution >= 0.6 is 0 Å². The van der Waals surface area contributed by atoms with E-state index in [1.54, 1.807) is 0 Å². The number of benzene rings is 3. The van der Waals surface area contributed by atoms with Gasteiger partial charge in [-0.25, -0.2) is 4.79 Å². The topological polar surface area (TPSA) is 35.5 Å². The number of ether oxygens (including phenoxy) is 2. The minimum absolute atomic E-state index is 0.273. The number of carbonyl (C=O) groups excluding carboxylic acids is 1. The predicted octanol–water partition coefficient (Wildman–Crippen LogP) is 6.50. The van der Waals surface area contributed by atoms with E-state index in [2.05, 4.69) is 52.0 Å². The van der Waals surface area contributed by atoms with Crippen molar-refractivity contribution in [3.63, 3.8) is 0 Å². The Labute approximate surface area is 184 Å². The second-order valence-electron chi connectivity index (χ2n) is 8.37. The summed E-state index contributed by atoms with van der Waals surface area (Å²) in [4.78, 5) is 13.1. The maximum atomic E-state index is 13.1. The maximum absolute atomic E-state index is 13.1. The first-order valence-electron chi connectivity index (χ1n) is 11.4. The quantitative estimate of drug-likeness (QED) is 0.459. The molecule has 0 amide bonds. The van der Waals surface area contributed by atoms with Crippen LogP contribution in [0.1, 0.15) is 77.0 Å². The fourth-order valence-electron chi connectivity index (χ4n) is 5.25. The highest BCUT2D eigenvalue weighted by Crippen LogP contribution is 2.57. The van der Waals surface area contributed by atoms with Crippen LogP contribution < -0.4 is 4.74 Å². The molecule has 0 atom stereocenters. The molecule has 31 heavy (non-hydrogen) atoms. The summed E-state index contributed by atoms with van der Waals surface area (Å²) < 4.78 is 12.8. The van der Waals surface area contributed by atoms with Crippen LogP contribution in [-0.4, -0.2) is 5.97 Å². The van der Waals surface area contributed by atoms with Crippen LogP contribution in [-0.2, 0) is 36.0 Å². The number of fused-ring (bicyclic) bond motifs is 6. The zero-order chi connectivity index (χ0) is 21.8. The Balaban J connectivity index is 1.89. The Hall–Kier alpha value is -3.07. The summed E-state index contributed by atoms with van der Waals surface area (Å²) in [6.07, 6.45) is 3.71. The average Bonchev–Trinajstić information content (AvgIpc) is 3.10. The van der Waals surface area contributed by atoms with Crippen molar-refractivity contribution in [3.05, 3.63) is 93.0 Å². The van der Waals surface area contributed by atoms with Crippen LogP contribution in [0.3, 0.4) is 0 Å². The third-order valence-corrected chi connectivity index (χ3v) is 6.88. The van der Waals surface area contributed by atoms with Crippen LogP contribution in [0.2, 0.25) is 0 Å². The molecule has 0 saturated heterocycles. The second-order valence-corrected chi connectivity index (χ2v) is 8.37. The van der Waals surface area contributed by atoms with Gasteiger partial charge in [0.15, 0.2) is 5.60 Å². The largest absolute Gasteiger partial charge is 0.456 e. The van der Waals surface area contributed by atoms with Crippen molar-refractivity contribution in [2.45, 2.75) is 59.0 Å². The van der Waals surface area contributed by atoms with E-state index >= 15 is 0 Å². The molecule has 0 N–H and O–H groups in total. The van der Waals surface area contributed by atoms with Gasteiger partial charge in [0.05, 0.1) is 5.56 Å². The molecule has 2 aliphatic rings.